The van der Waals surface area contributed by atoms with E-state index >= 15 is 0 Å². The van der Waals surface area contributed by atoms with Crippen molar-refractivity contribution in [3.63, 3.8) is 0 Å². The fourth-order valence-corrected chi connectivity index (χ4v) is 1.64. The van der Waals surface area contributed by atoms with Crippen molar-refractivity contribution >= 4 is 11.9 Å². The second-order valence-corrected chi connectivity index (χ2v) is 4.27. The van der Waals surface area contributed by atoms with Crippen molar-refractivity contribution in [1.29, 1.82) is 0 Å². The second kappa shape index (κ2) is 5.00. The summed E-state index contributed by atoms with van der Waals surface area (Å²) in [5.41, 5.74) is 7.93. The Labute approximate surface area is 107 Å². The summed E-state index contributed by atoms with van der Waals surface area (Å²) in [6.45, 7) is 2.12. The lowest BCUT2D eigenvalue weighted by atomic mass is 10.1. The van der Waals surface area contributed by atoms with Crippen LogP contribution in [0.1, 0.15) is 12.5 Å². The normalized spacial score (nSPS) is 10.4. The Morgan fingerprint density at radius 2 is 1.94 bits per heavy atom. The van der Waals surface area contributed by atoms with Gasteiger partial charge in [-0.3, -0.25) is 0 Å². The molecule has 1 heterocycles. The fraction of sp³-hybridized carbons (Fsp3) is 0.308. The Hall–Kier alpha value is -2.17. The van der Waals surface area contributed by atoms with Crippen LogP contribution in [0.5, 0.6) is 0 Å². The van der Waals surface area contributed by atoms with Crippen LogP contribution < -0.4 is 10.6 Å². The maximum Gasteiger partial charge on any atom is 0.230 e. The van der Waals surface area contributed by atoms with Crippen LogP contribution in [-0.2, 0) is 6.42 Å². The standard InChI is InChI=1S/C13H17N5/c1-4-9-6-5-7-10(8-9)11-15-12(14)17-13(16-11)18(2)3/h5-8H,4H2,1-3H3,(H2,14,15,16,17). The molecule has 0 unspecified atom stereocenters. The molecule has 1 aromatic heterocycles. The first-order chi connectivity index (χ1) is 8.60. The van der Waals surface area contributed by atoms with Crippen molar-refractivity contribution < 1.29 is 0 Å². The van der Waals surface area contributed by atoms with Gasteiger partial charge in [-0.05, 0) is 18.1 Å². The van der Waals surface area contributed by atoms with Crippen LogP contribution in [0, 0.1) is 0 Å². The summed E-state index contributed by atoms with van der Waals surface area (Å²) in [7, 11) is 3.75. The fourth-order valence-electron chi connectivity index (χ4n) is 1.64. The summed E-state index contributed by atoms with van der Waals surface area (Å²) in [5, 5.41) is 0. The molecule has 0 bridgehead atoms. The molecule has 0 aliphatic heterocycles. The van der Waals surface area contributed by atoms with Gasteiger partial charge in [-0.25, -0.2) is 0 Å². The largest absolute Gasteiger partial charge is 0.368 e. The molecule has 0 radical (unpaired) electrons. The number of rotatable bonds is 3. The number of hydrogen-bond acceptors (Lipinski definition) is 5. The Kier molecular flexibility index (Phi) is 3.41. The third kappa shape index (κ3) is 2.56. The highest BCUT2D eigenvalue weighted by Gasteiger charge is 2.08. The number of nitrogens with two attached hydrogens (primary N) is 1. The van der Waals surface area contributed by atoms with E-state index in [4.69, 9.17) is 5.73 Å². The molecule has 0 atom stereocenters. The van der Waals surface area contributed by atoms with Gasteiger partial charge < -0.3 is 10.6 Å². The van der Waals surface area contributed by atoms with E-state index in [-0.39, 0.29) is 5.95 Å². The van der Waals surface area contributed by atoms with E-state index in [0.29, 0.717) is 11.8 Å². The van der Waals surface area contributed by atoms with Crippen LogP contribution in [0.15, 0.2) is 24.3 Å². The summed E-state index contributed by atoms with van der Waals surface area (Å²) in [6.07, 6.45) is 0.981. The lowest BCUT2D eigenvalue weighted by Crippen LogP contribution is -2.15. The number of nitrogen functional groups attached to an aromatic ring is 1. The molecule has 0 saturated carbocycles. The van der Waals surface area contributed by atoms with Gasteiger partial charge in [-0.1, -0.05) is 25.1 Å². The summed E-state index contributed by atoms with van der Waals surface area (Å²) in [6, 6.07) is 8.14. The van der Waals surface area contributed by atoms with Crippen molar-refractivity contribution in [2.24, 2.45) is 0 Å². The van der Waals surface area contributed by atoms with Gasteiger partial charge in [0.05, 0.1) is 0 Å². The molecule has 5 heteroatoms. The zero-order chi connectivity index (χ0) is 13.1. The first kappa shape index (κ1) is 12.3. The number of hydrogen-bond donors (Lipinski definition) is 1. The van der Waals surface area contributed by atoms with Crippen molar-refractivity contribution in [3.8, 4) is 11.4 Å². The topological polar surface area (TPSA) is 67.9 Å². The number of aryl methyl sites for hydroxylation is 1. The second-order valence-electron chi connectivity index (χ2n) is 4.27. The summed E-state index contributed by atoms with van der Waals surface area (Å²) < 4.78 is 0. The molecule has 0 saturated heterocycles. The van der Waals surface area contributed by atoms with E-state index in [2.05, 4.69) is 34.0 Å². The van der Waals surface area contributed by atoms with Gasteiger partial charge in [0.25, 0.3) is 0 Å². The molecule has 0 spiro atoms. The van der Waals surface area contributed by atoms with Crippen molar-refractivity contribution in [2.75, 3.05) is 24.7 Å². The molecule has 2 rings (SSSR count). The van der Waals surface area contributed by atoms with Crippen LogP contribution in [0.4, 0.5) is 11.9 Å². The quantitative estimate of drug-likeness (QED) is 0.889. The van der Waals surface area contributed by atoms with Gasteiger partial charge in [-0.15, -0.1) is 0 Å². The molecule has 1 aromatic carbocycles. The van der Waals surface area contributed by atoms with E-state index in [0.717, 1.165) is 12.0 Å². The highest BCUT2D eigenvalue weighted by atomic mass is 15.3. The predicted molar refractivity (Wildman–Crippen MR) is 73.4 cm³/mol. The number of aromatic nitrogens is 3. The smallest absolute Gasteiger partial charge is 0.230 e. The molecular weight excluding hydrogens is 226 g/mol. The van der Waals surface area contributed by atoms with E-state index in [1.54, 1.807) is 0 Å². The first-order valence-electron chi connectivity index (χ1n) is 5.88. The molecule has 2 aromatic rings. The Balaban J connectivity index is 2.49. The van der Waals surface area contributed by atoms with Gasteiger partial charge in [0.2, 0.25) is 11.9 Å². The minimum absolute atomic E-state index is 0.241. The monoisotopic (exact) mass is 243 g/mol. The van der Waals surface area contributed by atoms with E-state index < -0.39 is 0 Å². The highest BCUT2D eigenvalue weighted by Crippen LogP contribution is 2.19. The third-order valence-corrected chi connectivity index (χ3v) is 2.63. The Morgan fingerprint density at radius 1 is 1.17 bits per heavy atom. The van der Waals surface area contributed by atoms with Crippen LogP contribution in [0.3, 0.4) is 0 Å². The van der Waals surface area contributed by atoms with Crippen LogP contribution in [0.25, 0.3) is 11.4 Å². The van der Waals surface area contributed by atoms with Crippen LogP contribution in [-0.4, -0.2) is 29.0 Å². The highest BCUT2D eigenvalue weighted by molar-refractivity contribution is 5.58. The zero-order valence-electron chi connectivity index (χ0n) is 10.9. The molecule has 94 valence electrons. The number of nitrogens with zero attached hydrogens (tertiary/aromatic N) is 4. The van der Waals surface area contributed by atoms with Gasteiger partial charge >= 0.3 is 0 Å². The van der Waals surface area contributed by atoms with Gasteiger partial charge in [-0.2, -0.15) is 15.0 Å². The summed E-state index contributed by atoms with van der Waals surface area (Å²) in [4.78, 5) is 14.5. The van der Waals surface area contributed by atoms with Crippen molar-refractivity contribution in [2.45, 2.75) is 13.3 Å². The maximum atomic E-state index is 5.72. The van der Waals surface area contributed by atoms with E-state index in [1.165, 1.54) is 5.56 Å². The summed E-state index contributed by atoms with van der Waals surface area (Å²) >= 11 is 0. The molecule has 0 aliphatic carbocycles. The molecule has 0 fully saturated rings. The van der Waals surface area contributed by atoms with E-state index in [9.17, 15) is 0 Å². The van der Waals surface area contributed by atoms with Crippen LogP contribution >= 0.6 is 0 Å². The van der Waals surface area contributed by atoms with Crippen molar-refractivity contribution in [3.05, 3.63) is 29.8 Å². The lowest BCUT2D eigenvalue weighted by molar-refractivity contribution is 0.969. The summed E-state index contributed by atoms with van der Waals surface area (Å²) in [5.74, 6) is 1.42. The first-order valence-corrected chi connectivity index (χ1v) is 5.88. The average Bonchev–Trinajstić information content (AvgIpc) is 2.38. The third-order valence-electron chi connectivity index (χ3n) is 2.63. The maximum absolute atomic E-state index is 5.72. The predicted octanol–water partition coefficient (Wildman–Crippen LogP) is 1.75. The average molecular weight is 243 g/mol. The minimum atomic E-state index is 0.241. The minimum Gasteiger partial charge on any atom is -0.368 e. The SMILES string of the molecule is CCc1cccc(-c2nc(N)nc(N(C)C)n2)c1. The molecule has 2 N–H and O–H groups in total. The van der Waals surface area contributed by atoms with Gasteiger partial charge in [0.1, 0.15) is 0 Å². The Morgan fingerprint density at radius 3 is 2.61 bits per heavy atom. The molecular formula is C13H17N5. The van der Waals surface area contributed by atoms with E-state index in [1.807, 2.05) is 31.1 Å². The zero-order valence-corrected chi connectivity index (χ0v) is 10.9. The number of benzene rings is 1. The molecule has 0 aliphatic rings. The molecule has 0 amide bonds. The molecule has 5 nitrogen and oxygen atoms in total. The number of anilines is 2. The van der Waals surface area contributed by atoms with Crippen LogP contribution in [0.2, 0.25) is 0 Å². The lowest BCUT2D eigenvalue weighted by Gasteiger charge is -2.11. The van der Waals surface area contributed by atoms with Gasteiger partial charge in [0.15, 0.2) is 5.82 Å². The molecule has 18 heavy (non-hydrogen) atoms. The van der Waals surface area contributed by atoms with Gasteiger partial charge in [0, 0.05) is 19.7 Å². The Bertz CT molecular complexity index is 551. The van der Waals surface area contributed by atoms with Crippen molar-refractivity contribution in [1.82, 2.24) is 15.0 Å².